The number of benzene rings is 3. The predicted molar refractivity (Wildman–Crippen MR) is 110 cm³/mol. The second-order valence-corrected chi connectivity index (χ2v) is 8.51. The van der Waals surface area contributed by atoms with Crippen LogP contribution in [0.15, 0.2) is 65.6 Å². The SMILES string of the molecule is O=C1c2ccccc2C(=O)N1c1cc(Cl)c(S(=O)(=O)O)cc1Oc1ccc(Cl)cc1. The van der Waals surface area contributed by atoms with Crippen molar-refractivity contribution in [3.05, 3.63) is 81.8 Å². The van der Waals surface area contributed by atoms with Gasteiger partial charge in [0.2, 0.25) is 0 Å². The van der Waals surface area contributed by atoms with Crippen LogP contribution in [0.1, 0.15) is 20.7 Å². The largest absolute Gasteiger partial charge is 0.455 e. The first-order valence-corrected chi connectivity index (χ1v) is 10.6. The first-order chi connectivity index (χ1) is 14.2. The third kappa shape index (κ3) is 3.54. The highest BCUT2D eigenvalue weighted by atomic mass is 35.5. The molecule has 0 radical (unpaired) electrons. The molecule has 0 unspecified atom stereocenters. The van der Waals surface area contributed by atoms with E-state index >= 15 is 0 Å². The molecule has 0 aliphatic carbocycles. The number of fused-ring (bicyclic) bond motifs is 1. The van der Waals surface area contributed by atoms with Crippen molar-refractivity contribution in [3.8, 4) is 11.5 Å². The number of carbonyl (C=O) groups excluding carboxylic acids is 2. The van der Waals surface area contributed by atoms with Crippen LogP contribution in [0.25, 0.3) is 0 Å². The van der Waals surface area contributed by atoms with Gasteiger partial charge in [0, 0.05) is 11.1 Å². The summed E-state index contributed by atoms with van der Waals surface area (Å²) in [5.41, 5.74) is 0.304. The molecule has 3 aromatic rings. The summed E-state index contributed by atoms with van der Waals surface area (Å²) in [5.74, 6) is -1.16. The van der Waals surface area contributed by atoms with Gasteiger partial charge in [-0.15, -0.1) is 0 Å². The molecular formula is C20H11Cl2NO6S. The highest BCUT2D eigenvalue weighted by Crippen LogP contribution is 2.41. The lowest BCUT2D eigenvalue weighted by Gasteiger charge is -2.20. The summed E-state index contributed by atoms with van der Waals surface area (Å²) >= 11 is 11.9. The van der Waals surface area contributed by atoms with Crippen molar-refractivity contribution in [2.24, 2.45) is 0 Å². The molecule has 0 fully saturated rings. The van der Waals surface area contributed by atoms with E-state index in [2.05, 4.69) is 0 Å². The van der Waals surface area contributed by atoms with Gasteiger partial charge >= 0.3 is 0 Å². The molecule has 152 valence electrons. The normalized spacial score (nSPS) is 13.5. The van der Waals surface area contributed by atoms with Crippen LogP contribution in [0.5, 0.6) is 11.5 Å². The molecule has 0 atom stereocenters. The number of amides is 2. The molecule has 1 heterocycles. The minimum atomic E-state index is -4.70. The van der Waals surface area contributed by atoms with Crippen molar-refractivity contribution in [3.63, 3.8) is 0 Å². The van der Waals surface area contributed by atoms with E-state index in [0.717, 1.165) is 17.0 Å². The smallest absolute Gasteiger partial charge is 0.296 e. The Balaban J connectivity index is 1.89. The first-order valence-electron chi connectivity index (χ1n) is 8.39. The number of anilines is 1. The van der Waals surface area contributed by atoms with Crippen molar-refractivity contribution in [2.75, 3.05) is 4.90 Å². The highest BCUT2D eigenvalue weighted by molar-refractivity contribution is 7.86. The Labute approximate surface area is 181 Å². The fourth-order valence-corrected chi connectivity index (χ4v) is 4.15. The van der Waals surface area contributed by atoms with Crippen LogP contribution in [0.3, 0.4) is 0 Å². The Morgan fingerprint density at radius 2 is 1.43 bits per heavy atom. The topological polar surface area (TPSA) is 101 Å². The fourth-order valence-electron chi connectivity index (χ4n) is 3.02. The van der Waals surface area contributed by atoms with E-state index in [1.165, 1.54) is 36.4 Å². The molecular weight excluding hydrogens is 453 g/mol. The molecule has 0 saturated carbocycles. The van der Waals surface area contributed by atoms with Crippen LogP contribution < -0.4 is 9.64 Å². The summed E-state index contributed by atoms with van der Waals surface area (Å²) in [6.45, 7) is 0. The molecule has 3 aromatic carbocycles. The molecule has 0 spiro atoms. The minimum absolute atomic E-state index is 0.0754. The fraction of sp³-hybridized carbons (Fsp3) is 0. The Kier molecular flexibility index (Phi) is 5.03. The average Bonchev–Trinajstić information content (AvgIpc) is 2.95. The maximum atomic E-state index is 12.9. The second-order valence-electron chi connectivity index (χ2n) is 6.27. The number of rotatable bonds is 4. The Morgan fingerprint density at radius 1 is 0.867 bits per heavy atom. The molecule has 2 amide bonds. The lowest BCUT2D eigenvalue weighted by molar-refractivity contribution is 0.0925. The van der Waals surface area contributed by atoms with Crippen molar-refractivity contribution in [2.45, 2.75) is 4.90 Å². The van der Waals surface area contributed by atoms with Crippen LogP contribution in [0.4, 0.5) is 5.69 Å². The van der Waals surface area contributed by atoms with Gasteiger partial charge in [-0.3, -0.25) is 14.1 Å². The van der Waals surface area contributed by atoms with Gasteiger partial charge in [-0.05, 0) is 42.5 Å². The van der Waals surface area contributed by atoms with Gasteiger partial charge in [0.25, 0.3) is 21.9 Å². The van der Waals surface area contributed by atoms with E-state index in [0.29, 0.717) is 5.02 Å². The number of carbonyl (C=O) groups is 2. The zero-order valence-corrected chi connectivity index (χ0v) is 17.2. The zero-order chi connectivity index (χ0) is 21.6. The van der Waals surface area contributed by atoms with Gasteiger partial charge in [-0.1, -0.05) is 35.3 Å². The molecule has 0 aromatic heterocycles. The third-order valence-electron chi connectivity index (χ3n) is 4.37. The van der Waals surface area contributed by atoms with E-state index in [1.54, 1.807) is 12.1 Å². The lowest BCUT2D eigenvalue weighted by atomic mass is 10.1. The Bertz CT molecular complexity index is 1270. The third-order valence-corrected chi connectivity index (χ3v) is 5.94. The van der Waals surface area contributed by atoms with Crippen LogP contribution in [-0.4, -0.2) is 24.8 Å². The maximum Gasteiger partial charge on any atom is 0.296 e. The van der Waals surface area contributed by atoms with Gasteiger partial charge in [0.15, 0.2) is 5.75 Å². The Morgan fingerprint density at radius 3 is 1.97 bits per heavy atom. The predicted octanol–water partition coefficient (Wildman–Crippen LogP) is 4.83. The minimum Gasteiger partial charge on any atom is -0.455 e. The molecule has 1 N–H and O–H groups in total. The second kappa shape index (κ2) is 7.41. The van der Waals surface area contributed by atoms with Gasteiger partial charge in [-0.2, -0.15) is 8.42 Å². The standard InChI is InChI=1S/C20H11Cl2NO6S/c21-11-5-7-12(8-6-11)29-17-10-18(30(26,27)28)15(22)9-16(17)23-19(24)13-3-1-2-4-14(13)20(23)25/h1-10H,(H,26,27,28). The summed E-state index contributed by atoms with van der Waals surface area (Å²) in [4.78, 5) is 26.0. The summed E-state index contributed by atoms with van der Waals surface area (Å²) in [5, 5.41) is 0.0603. The van der Waals surface area contributed by atoms with E-state index in [9.17, 15) is 22.6 Å². The number of ether oxygens (including phenoxy) is 1. The van der Waals surface area contributed by atoms with Crippen molar-refractivity contribution in [1.82, 2.24) is 0 Å². The number of hydrogen-bond donors (Lipinski definition) is 1. The molecule has 0 saturated heterocycles. The summed E-state index contributed by atoms with van der Waals surface area (Å²) in [6, 6.07) is 14.4. The molecule has 10 heteroatoms. The molecule has 1 aliphatic heterocycles. The Hall–Kier alpha value is -2.91. The molecule has 4 rings (SSSR count). The molecule has 30 heavy (non-hydrogen) atoms. The highest BCUT2D eigenvalue weighted by Gasteiger charge is 2.38. The molecule has 1 aliphatic rings. The average molecular weight is 464 g/mol. The van der Waals surface area contributed by atoms with Gasteiger partial charge in [0.05, 0.1) is 21.8 Å². The van der Waals surface area contributed by atoms with E-state index < -0.39 is 26.8 Å². The van der Waals surface area contributed by atoms with Gasteiger partial charge < -0.3 is 4.74 Å². The van der Waals surface area contributed by atoms with Crippen LogP contribution >= 0.6 is 23.2 Å². The van der Waals surface area contributed by atoms with E-state index in [-0.39, 0.29) is 33.3 Å². The zero-order valence-electron chi connectivity index (χ0n) is 14.9. The monoisotopic (exact) mass is 463 g/mol. The summed E-state index contributed by atoms with van der Waals surface area (Å²) in [7, 11) is -4.70. The van der Waals surface area contributed by atoms with Crippen LogP contribution in [-0.2, 0) is 10.1 Å². The van der Waals surface area contributed by atoms with Crippen molar-refractivity contribution < 1.29 is 27.3 Å². The summed E-state index contributed by atoms with van der Waals surface area (Å²) < 4.78 is 38.6. The maximum absolute atomic E-state index is 12.9. The number of nitrogens with zero attached hydrogens (tertiary/aromatic N) is 1. The van der Waals surface area contributed by atoms with Crippen molar-refractivity contribution in [1.29, 1.82) is 0 Å². The molecule has 0 bridgehead atoms. The lowest BCUT2D eigenvalue weighted by Crippen LogP contribution is -2.29. The quantitative estimate of drug-likeness (QED) is 0.439. The van der Waals surface area contributed by atoms with E-state index in [4.69, 9.17) is 27.9 Å². The first kappa shape index (κ1) is 20.4. The van der Waals surface area contributed by atoms with Gasteiger partial charge in [0.1, 0.15) is 10.6 Å². The number of imide groups is 1. The van der Waals surface area contributed by atoms with Crippen LogP contribution in [0.2, 0.25) is 10.0 Å². The van der Waals surface area contributed by atoms with Crippen molar-refractivity contribution >= 4 is 50.8 Å². The van der Waals surface area contributed by atoms with Gasteiger partial charge in [-0.25, -0.2) is 4.90 Å². The van der Waals surface area contributed by atoms with Crippen LogP contribution in [0, 0.1) is 0 Å². The molecule has 7 nitrogen and oxygen atoms in total. The van der Waals surface area contributed by atoms with E-state index in [1.807, 2.05) is 0 Å². The summed E-state index contributed by atoms with van der Waals surface area (Å²) in [6.07, 6.45) is 0. The number of halogens is 2. The number of hydrogen-bond acceptors (Lipinski definition) is 5.